The van der Waals surface area contributed by atoms with Crippen molar-refractivity contribution in [3.05, 3.63) is 72.1 Å². The summed E-state index contributed by atoms with van der Waals surface area (Å²) in [5.41, 5.74) is 13.1. The van der Waals surface area contributed by atoms with Crippen molar-refractivity contribution < 1.29 is 4.74 Å². The number of rotatable bonds is 5. The molecule has 3 heterocycles. The van der Waals surface area contributed by atoms with Crippen molar-refractivity contribution in [1.82, 2.24) is 14.5 Å². The van der Waals surface area contributed by atoms with E-state index in [1.54, 1.807) is 7.11 Å². The fraction of sp³-hybridized carbons (Fsp3) is 0.259. The van der Waals surface area contributed by atoms with Crippen LogP contribution < -0.4 is 10.5 Å². The number of ether oxygens (including phenoxy) is 1. The maximum atomic E-state index is 9.26. The minimum absolute atomic E-state index is 0.261. The number of aryl methyl sites for hydroxylation is 1. The van der Waals surface area contributed by atoms with Crippen LogP contribution in [0.25, 0.3) is 33.3 Å². The Bertz CT molecular complexity index is 1330. The van der Waals surface area contributed by atoms with E-state index < -0.39 is 0 Å². The molecule has 1 atom stereocenters. The zero-order valence-electron chi connectivity index (χ0n) is 19.0. The van der Waals surface area contributed by atoms with Gasteiger partial charge in [-0.05, 0) is 54.4 Å². The number of benzene rings is 2. The van der Waals surface area contributed by atoms with Gasteiger partial charge in [-0.2, -0.15) is 5.26 Å². The van der Waals surface area contributed by atoms with E-state index in [4.69, 9.17) is 15.5 Å². The van der Waals surface area contributed by atoms with Gasteiger partial charge in [0.1, 0.15) is 5.75 Å². The number of nitrogens with zero attached hydrogens (tertiary/aromatic N) is 4. The van der Waals surface area contributed by atoms with Crippen LogP contribution >= 0.6 is 0 Å². The number of nitriles is 1. The predicted molar refractivity (Wildman–Crippen MR) is 131 cm³/mol. The van der Waals surface area contributed by atoms with Gasteiger partial charge in [0.05, 0.1) is 36.1 Å². The van der Waals surface area contributed by atoms with Crippen LogP contribution in [0, 0.1) is 11.3 Å². The lowest BCUT2D eigenvalue weighted by atomic mass is 9.95. The Morgan fingerprint density at radius 1 is 1.12 bits per heavy atom. The standard InChI is InChI=1S/C27H27N5O/c1-31-22(17-32-12-11-21(29)16-32)13-24-25(31)15-30-27(20-7-9-23(33-2)10-8-20)26(24)19-5-3-18(14-28)4-6-19/h3-10,13,15,21H,11-12,16-17,29H2,1-2H3/t21-/m0/s1. The van der Waals surface area contributed by atoms with Crippen molar-refractivity contribution in [1.29, 1.82) is 5.26 Å². The number of hydrogen-bond donors (Lipinski definition) is 1. The van der Waals surface area contributed by atoms with Crippen LogP contribution in [0.4, 0.5) is 0 Å². The van der Waals surface area contributed by atoms with Gasteiger partial charge in [-0.25, -0.2) is 0 Å². The van der Waals surface area contributed by atoms with Gasteiger partial charge in [-0.3, -0.25) is 9.88 Å². The van der Waals surface area contributed by atoms with Crippen molar-refractivity contribution >= 4 is 10.9 Å². The molecule has 0 amide bonds. The van der Waals surface area contributed by atoms with Crippen molar-refractivity contribution in [3.63, 3.8) is 0 Å². The van der Waals surface area contributed by atoms with Gasteiger partial charge in [0.15, 0.2) is 0 Å². The highest BCUT2D eigenvalue weighted by Gasteiger charge is 2.22. The average molecular weight is 438 g/mol. The highest BCUT2D eigenvalue weighted by Crippen LogP contribution is 2.38. The van der Waals surface area contributed by atoms with Crippen LogP contribution in [-0.2, 0) is 13.6 Å². The molecule has 0 bridgehead atoms. The Balaban J connectivity index is 1.67. The summed E-state index contributed by atoms with van der Waals surface area (Å²) in [4.78, 5) is 7.32. The first kappa shape index (κ1) is 21.2. The third kappa shape index (κ3) is 3.97. The van der Waals surface area contributed by atoms with Crippen LogP contribution in [0.2, 0.25) is 0 Å². The molecule has 4 aromatic rings. The zero-order chi connectivity index (χ0) is 22.9. The maximum absolute atomic E-state index is 9.26. The van der Waals surface area contributed by atoms with E-state index in [0.29, 0.717) is 5.56 Å². The van der Waals surface area contributed by atoms with E-state index in [0.717, 1.165) is 65.1 Å². The number of nitrogens with two attached hydrogens (primary N) is 1. The second-order valence-electron chi connectivity index (χ2n) is 8.68. The van der Waals surface area contributed by atoms with Crippen LogP contribution in [0.3, 0.4) is 0 Å². The third-order valence-corrected chi connectivity index (χ3v) is 6.56. The van der Waals surface area contributed by atoms with Gasteiger partial charge < -0.3 is 15.0 Å². The van der Waals surface area contributed by atoms with E-state index in [2.05, 4.69) is 28.7 Å². The summed E-state index contributed by atoms with van der Waals surface area (Å²) < 4.78 is 7.57. The van der Waals surface area contributed by atoms with Gasteiger partial charge in [0, 0.05) is 54.9 Å². The first-order chi connectivity index (χ1) is 16.1. The average Bonchev–Trinajstić information content (AvgIpc) is 3.41. The van der Waals surface area contributed by atoms with E-state index in [9.17, 15) is 5.26 Å². The Labute approximate surface area is 193 Å². The summed E-state index contributed by atoms with van der Waals surface area (Å²) in [7, 11) is 3.77. The van der Waals surface area contributed by atoms with Crippen molar-refractivity contribution in [2.24, 2.45) is 12.8 Å². The predicted octanol–water partition coefficient (Wildman–Crippen LogP) is 4.32. The molecular formula is C27H27N5O. The molecule has 1 aliphatic rings. The third-order valence-electron chi connectivity index (χ3n) is 6.56. The molecule has 6 heteroatoms. The quantitative estimate of drug-likeness (QED) is 0.503. The Morgan fingerprint density at radius 2 is 1.85 bits per heavy atom. The molecule has 6 nitrogen and oxygen atoms in total. The zero-order valence-corrected chi connectivity index (χ0v) is 19.0. The molecule has 2 aromatic carbocycles. The minimum Gasteiger partial charge on any atom is -0.497 e. The molecule has 2 aromatic heterocycles. The van der Waals surface area contributed by atoms with E-state index in [1.807, 2.05) is 54.7 Å². The molecule has 0 saturated carbocycles. The fourth-order valence-electron chi connectivity index (χ4n) is 4.71. The van der Waals surface area contributed by atoms with E-state index >= 15 is 0 Å². The monoisotopic (exact) mass is 437 g/mol. The summed E-state index contributed by atoms with van der Waals surface area (Å²) in [6.07, 6.45) is 3.00. The summed E-state index contributed by atoms with van der Waals surface area (Å²) in [5.74, 6) is 0.811. The normalized spacial score (nSPS) is 16.2. The molecule has 1 aliphatic heterocycles. The molecule has 0 radical (unpaired) electrons. The highest BCUT2D eigenvalue weighted by atomic mass is 16.5. The van der Waals surface area contributed by atoms with Crippen molar-refractivity contribution in [3.8, 4) is 34.2 Å². The van der Waals surface area contributed by atoms with Crippen molar-refractivity contribution in [2.45, 2.75) is 19.0 Å². The molecular weight excluding hydrogens is 410 g/mol. The van der Waals surface area contributed by atoms with Gasteiger partial charge in [-0.15, -0.1) is 0 Å². The lowest BCUT2D eigenvalue weighted by Gasteiger charge is -2.15. The second kappa shape index (κ2) is 8.70. The SMILES string of the molecule is COc1ccc(-c2ncc3c(cc(CN4CC[C@H](N)C4)n3C)c2-c2ccc(C#N)cc2)cc1. The summed E-state index contributed by atoms with van der Waals surface area (Å²) in [5, 5.41) is 10.4. The number of aromatic nitrogens is 2. The molecule has 33 heavy (non-hydrogen) atoms. The number of hydrogen-bond acceptors (Lipinski definition) is 5. The molecule has 1 fully saturated rings. The molecule has 0 spiro atoms. The lowest BCUT2D eigenvalue weighted by molar-refractivity contribution is 0.319. The summed E-state index contributed by atoms with van der Waals surface area (Å²) >= 11 is 0. The second-order valence-corrected chi connectivity index (χ2v) is 8.68. The summed E-state index contributed by atoms with van der Waals surface area (Å²) in [6, 6.07) is 20.5. The molecule has 1 saturated heterocycles. The maximum Gasteiger partial charge on any atom is 0.118 e. The van der Waals surface area contributed by atoms with Crippen molar-refractivity contribution in [2.75, 3.05) is 20.2 Å². The van der Waals surface area contributed by atoms with Gasteiger partial charge in [-0.1, -0.05) is 12.1 Å². The highest BCUT2D eigenvalue weighted by molar-refractivity contribution is 6.02. The Hall–Kier alpha value is -3.66. The van der Waals surface area contributed by atoms with Crippen LogP contribution in [0.1, 0.15) is 17.7 Å². The van der Waals surface area contributed by atoms with Gasteiger partial charge >= 0.3 is 0 Å². The number of likely N-dealkylation sites (tertiary alicyclic amines) is 1. The minimum atomic E-state index is 0.261. The molecule has 0 unspecified atom stereocenters. The first-order valence-electron chi connectivity index (χ1n) is 11.2. The Kier molecular flexibility index (Phi) is 5.59. The summed E-state index contributed by atoms with van der Waals surface area (Å²) in [6.45, 7) is 2.82. The molecule has 0 aliphatic carbocycles. The molecule has 2 N–H and O–H groups in total. The smallest absolute Gasteiger partial charge is 0.118 e. The van der Waals surface area contributed by atoms with E-state index in [1.165, 1.54) is 5.69 Å². The van der Waals surface area contributed by atoms with Crippen LogP contribution in [-0.4, -0.2) is 40.7 Å². The molecule has 5 rings (SSSR count). The number of pyridine rings is 1. The first-order valence-corrected chi connectivity index (χ1v) is 11.2. The van der Waals surface area contributed by atoms with Crippen LogP contribution in [0.5, 0.6) is 5.75 Å². The van der Waals surface area contributed by atoms with Crippen LogP contribution in [0.15, 0.2) is 60.8 Å². The largest absolute Gasteiger partial charge is 0.497 e. The van der Waals surface area contributed by atoms with Gasteiger partial charge in [0.2, 0.25) is 0 Å². The lowest BCUT2D eigenvalue weighted by Crippen LogP contribution is -2.26. The molecule has 166 valence electrons. The fourth-order valence-corrected chi connectivity index (χ4v) is 4.71. The van der Waals surface area contributed by atoms with Gasteiger partial charge in [0.25, 0.3) is 0 Å². The number of methoxy groups -OCH3 is 1. The number of fused-ring (bicyclic) bond motifs is 1. The Morgan fingerprint density at radius 3 is 2.48 bits per heavy atom. The topological polar surface area (TPSA) is 80.1 Å². The van der Waals surface area contributed by atoms with E-state index in [-0.39, 0.29) is 6.04 Å².